The van der Waals surface area contributed by atoms with Crippen molar-refractivity contribution in [2.75, 3.05) is 26.7 Å². The largest absolute Gasteiger partial charge is 0.330 e. The summed E-state index contributed by atoms with van der Waals surface area (Å²) in [7, 11) is 2.23. The Balaban J connectivity index is 2.04. The Labute approximate surface area is 88.8 Å². The number of rotatable bonds is 7. The standard InChI is InChI=1S/C12H26N2/c1-3-11(9-13)10-14(2)8-7-12-5-4-6-12/h11-12H,3-10,13H2,1-2H3. The van der Waals surface area contributed by atoms with Crippen molar-refractivity contribution in [1.29, 1.82) is 0 Å². The van der Waals surface area contributed by atoms with Crippen LogP contribution in [0.25, 0.3) is 0 Å². The van der Waals surface area contributed by atoms with E-state index in [4.69, 9.17) is 5.73 Å². The summed E-state index contributed by atoms with van der Waals surface area (Å²) in [4.78, 5) is 2.46. The molecule has 1 fully saturated rings. The summed E-state index contributed by atoms with van der Waals surface area (Å²) in [6.45, 7) is 5.52. The van der Waals surface area contributed by atoms with Crippen LogP contribution in [0.4, 0.5) is 0 Å². The Kier molecular flexibility index (Phi) is 5.49. The molecule has 0 aromatic carbocycles. The van der Waals surface area contributed by atoms with E-state index in [0.29, 0.717) is 5.92 Å². The zero-order valence-corrected chi connectivity index (χ0v) is 9.84. The minimum atomic E-state index is 0.696. The topological polar surface area (TPSA) is 29.3 Å². The highest BCUT2D eigenvalue weighted by molar-refractivity contribution is 4.71. The number of nitrogens with zero attached hydrogens (tertiary/aromatic N) is 1. The average Bonchev–Trinajstić information content (AvgIpc) is 2.11. The van der Waals surface area contributed by atoms with Crippen LogP contribution in [0.15, 0.2) is 0 Å². The minimum absolute atomic E-state index is 0.696. The fourth-order valence-electron chi connectivity index (χ4n) is 2.09. The van der Waals surface area contributed by atoms with Gasteiger partial charge in [-0.05, 0) is 38.4 Å². The fraction of sp³-hybridized carbons (Fsp3) is 1.00. The SMILES string of the molecule is CCC(CN)CN(C)CCC1CCC1. The van der Waals surface area contributed by atoms with E-state index in [1.807, 2.05) is 0 Å². The van der Waals surface area contributed by atoms with Gasteiger partial charge in [-0.25, -0.2) is 0 Å². The minimum Gasteiger partial charge on any atom is -0.330 e. The molecule has 2 nitrogen and oxygen atoms in total. The van der Waals surface area contributed by atoms with Gasteiger partial charge in [0.2, 0.25) is 0 Å². The zero-order valence-electron chi connectivity index (χ0n) is 9.84. The second kappa shape index (κ2) is 6.41. The van der Waals surface area contributed by atoms with Crippen molar-refractivity contribution in [1.82, 2.24) is 4.90 Å². The molecule has 0 radical (unpaired) electrons. The smallest absolute Gasteiger partial charge is 0.00186 e. The first kappa shape index (κ1) is 12.0. The van der Waals surface area contributed by atoms with Crippen LogP contribution in [-0.2, 0) is 0 Å². The molecule has 0 aromatic rings. The van der Waals surface area contributed by atoms with Crippen molar-refractivity contribution >= 4 is 0 Å². The van der Waals surface area contributed by atoms with Gasteiger partial charge in [-0.15, -0.1) is 0 Å². The molecule has 0 aromatic heterocycles. The van der Waals surface area contributed by atoms with Crippen LogP contribution in [0.1, 0.15) is 39.0 Å². The van der Waals surface area contributed by atoms with Crippen LogP contribution in [0.2, 0.25) is 0 Å². The number of nitrogens with two attached hydrogens (primary N) is 1. The third-order valence-corrected chi connectivity index (χ3v) is 3.62. The maximum Gasteiger partial charge on any atom is 0.00186 e. The Morgan fingerprint density at radius 3 is 2.57 bits per heavy atom. The van der Waals surface area contributed by atoms with E-state index in [0.717, 1.165) is 12.5 Å². The lowest BCUT2D eigenvalue weighted by Crippen LogP contribution is -2.31. The highest BCUT2D eigenvalue weighted by Gasteiger charge is 2.17. The van der Waals surface area contributed by atoms with Gasteiger partial charge in [0, 0.05) is 6.54 Å². The van der Waals surface area contributed by atoms with E-state index >= 15 is 0 Å². The molecule has 84 valence electrons. The first-order valence-electron chi connectivity index (χ1n) is 6.14. The van der Waals surface area contributed by atoms with E-state index in [1.54, 1.807) is 0 Å². The Bertz CT molecular complexity index is 139. The summed E-state index contributed by atoms with van der Waals surface area (Å²) in [6, 6.07) is 0. The van der Waals surface area contributed by atoms with E-state index in [2.05, 4.69) is 18.9 Å². The van der Waals surface area contributed by atoms with E-state index < -0.39 is 0 Å². The molecule has 0 bridgehead atoms. The predicted molar refractivity (Wildman–Crippen MR) is 62.3 cm³/mol. The summed E-state index contributed by atoms with van der Waals surface area (Å²) in [5, 5.41) is 0. The molecule has 0 heterocycles. The molecule has 1 aliphatic rings. The second-order valence-corrected chi connectivity index (χ2v) is 4.86. The number of hydrogen-bond donors (Lipinski definition) is 1. The molecular formula is C12H26N2. The molecule has 1 saturated carbocycles. The molecule has 2 N–H and O–H groups in total. The van der Waals surface area contributed by atoms with Crippen LogP contribution in [-0.4, -0.2) is 31.6 Å². The van der Waals surface area contributed by atoms with E-state index in [-0.39, 0.29) is 0 Å². The molecule has 1 atom stereocenters. The molecule has 0 saturated heterocycles. The summed E-state index contributed by atoms with van der Waals surface area (Å²) in [5.74, 6) is 1.73. The van der Waals surface area contributed by atoms with Crippen molar-refractivity contribution in [2.45, 2.75) is 39.0 Å². The van der Waals surface area contributed by atoms with Crippen LogP contribution < -0.4 is 5.73 Å². The van der Waals surface area contributed by atoms with Gasteiger partial charge in [-0.2, -0.15) is 0 Å². The van der Waals surface area contributed by atoms with Gasteiger partial charge in [0.15, 0.2) is 0 Å². The molecule has 14 heavy (non-hydrogen) atoms. The van der Waals surface area contributed by atoms with Gasteiger partial charge >= 0.3 is 0 Å². The maximum atomic E-state index is 5.70. The first-order valence-corrected chi connectivity index (χ1v) is 6.14. The summed E-state index contributed by atoms with van der Waals surface area (Å²) < 4.78 is 0. The van der Waals surface area contributed by atoms with Gasteiger partial charge in [-0.3, -0.25) is 0 Å². The molecule has 0 aliphatic heterocycles. The summed E-state index contributed by atoms with van der Waals surface area (Å²) in [6.07, 6.45) is 7.03. The predicted octanol–water partition coefficient (Wildman–Crippen LogP) is 2.09. The molecule has 0 amide bonds. The quantitative estimate of drug-likeness (QED) is 0.679. The highest BCUT2D eigenvalue weighted by atomic mass is 15.1. The molecule has 2 heteroatoms. The molecule has 0 spiro atoms. The van der Waals surface area contributed by atoms with Crippen LogP contribution in [0.3, 0.4) is 0 Å². The first-order chi connectivity index (χ1) is 6.76. The van der Waals surface area contributed by atoms with Crippen LogP contribution >= 0.6 is 0 Å². The molecular weight excluding hydrogens is 172 g/mol. The lowest BCUT2D eigenvalue weighted by atomic mass is 9.83. The fourth-order valence-corrected chi connectivity index (χ4v) is 2.09. The van der Waals surface area contributed by atoms with Crippen molar-refractivity contribution in [3.8, 4) is 0 Å². The summed E-state index contributed by atoms with van der Waals surface area (Å²) >= 11 is 0. The van der Waals surface area contributed by atoms with Crippen LogP contribution in [0.5, 0.6) is 0 Å². The highest BCUT2D eigenvalue weighted by Crippen LogP contribution is 2.29. The van der Waals surface area contributed by atoms with Gasteiger partial charge < -0.3 is 10.6 Å². The van der Waals surface area contributed by atoms with Crippen molar-refractivity contribution in [2.24, 2.45) is 17.6 Å². The van der Waals surface area contributed by atoms with Crippen molar-refractivity contribution < 1.29 is 0 Å². The lowest BCUT2D eigenvalue weighted by molar-refractivity contribution is 0.218. The van der Waals surface area contributed by atoms with E-state index in [9.17, 15) is 0 Å². The second-order valence-electron chi connectivity index (χ2n) is 4.86. The Morgan fingerprint density at radius 2 is 2.14 bits per heavy atom. The Hall–Kier alpha value is -0.0800. The molecule has 1 aliphatic carbocycles. The lowest BCUT2D eigenvalue weighted by Gasteiger charge is -2.29. The molecule has 1 unspecified atom stereocenters. The van der Waals surface area contributed by atoms with Crippen molar-refractivity contribution in [3.05, 3.63) is 0 Å². The van der Waals surface area contributed by atoms with Gasteiger partial charge in [0.05, 0.1) is 0 Å². The van der Waals surface area contributed by atoms with Crippen molar-refractivity contribution in [3.63, 3.8) is 0 Å². The van der Waals surface area contributed by atoms with Crippen LogP contribution in [0, 0.1) is 11.8 Å². The zero-order chi connectivity index (χ0) is 10.4. The average molecular weight is 198 g/mol. The maximum absolute atomic E-state index is 5.70. The summed E-state index contributed by atoms with van der Waals surface area (Å²) in [5.41, 5.74) is 5.70. The van der Waals surface area contributed by atoms with Gasteiger partial charge in [-0.1, -0.05) is 32.6 Å². The monoisotopic (exact) mass is 198 g/mol. The normalized spacial score (nSPS) is 19.7. The third kappa shape index (κ3) is 3.97. The van der Waals surface area contributed by atoms with E-state index in [1.165, 1.54) is 45.2 Å². The van der Waals surface area contributed by atoms with Gasteiger partial charge in [0.25, 0.3) is 0 Å². The van der Waals surface area contributed by atoms with Gasteiger partial charge in [0.1, 0.15) is 0 Å². The number of hydrogen-bond acceptors (Lipinski definition) is 2. The third-order valence-electron chi connectivity index (χ3n) is 3.62. The molecule has 1 rings (SSSR count). The Morgan fingerprint density at radius 1 is 1.43 bits per heavy atom.